The number of hydrogen-bond acceptors (Lipinski definition) is 2. The number of aromatic carboxylic acids is 1. The summed E-state index contributed by atoms with van der Waals surface area (Å²) < 4.78 is 14.3. The van der Waals surface area contributed by atoms with Gasteiger partial charge in [-0.25, -0.2) is 9.18 Å². The number of carboxylic acids is 1. The van der Waals surface area contributed by atoms with E-state index in [0.29, 0.717) is 5.56 Å². The topological polar surface area (TPSA) is 66.4 Å². The Balaban J connectivity index is 2.21. The van der Waals surface area contributed by atoms with Gasteiger partial charge in [-0.2, -0.15) is 0 Å². The molecule has 0 aromatic heterocycles. The lowest BCUT2D eigenvalue weighted by atomic mass is 10.1. The quantitative estimate of drug-likeness (QED) is 0.882. The van der Waals surface area contributed by atoms with Gasteiger partial charge in [-0.05, 0) is 42.8 Å². The highest BCUT2D eigenvalue weighted by atomic mass is 79.9. The van der Waals surface area contributed by atoms with Gasteiger partial charge < -0.3 is 10.4 Å². The molecule has 0 saturated heterocycles. The average molecular weight is 352 g/mol. The number of carboxylic acid groups (broad SMARTS) is 1. The van der Waals surface area contributed by atoms with E-state index >= 15 is 0 Å². The Bertz CT molecular complexity index is 731. The molecule has 2 N–H and O–H groups in total. The minimum absolute atomic E-state index is 0.194. The third-order valence-corrected chi connectivity index (χ3v) is 3.75. The monoisotopic (exact) mass is 351 g/mol. The molecule has 0 aliphatic heterocycles. The second kappa shape index (κ2) is 6.05. The molecule has 0 radical (unpaired) electrons. The first-order valence-electron chi connectivity index (χ1n) is 5.99. The summed E-state index contributed by atoms with van der Waals surface area (Å²) in [6, 6.07) is 8.52. The number of nitrogens with one attached hydrogen (secondary N) is 1. The van der Waals surface area contributed by atoms with Crippen LogP contribution in [-0.4, -0.2) is 17.0 Å². The van der Waals surface area contributed by atoms with E-state index in [-0.39, 0.29) is 5.69 Å². The van der Waals surface area contributed by atoms with E-state index in [4.69, 9.17) is 5.11 Å². The van der Waals surface area contributed by atoms with E-state index in [1.807, 2.05) is 6.92 Å². The zero-order chi connectivity index (χ0) is 15.6. The molecule has 0 aliphatic carbocycles. The third-order valence-electron chi connectivity index (χ3n) is 2.89. The molecule has 0 saturated carbocycles. The first-order chi connectivity index (χ1) is 9.88. The standard InChI is InChI=1S/C15H11BrFNO3/c1-8-2-3-9(6-12(8)16)14(19)18-10-4-5-11(15(20)21)13(17)7-10/h2-7H,1H3,(H,18,19)(H,20,21). The van der Waals surface area contributed by atoms with Crippen molar-refractivity contribution in [3.63, 3.8) is 0 Å². The molecule has 2 aromatic rings. The molecule has 21 heavy (non-hydrogen) atoms. The number of anilines is 1. The van der Waals surface area contributed by atoms with Crippen LogP contribution in [0.1, 0.15) is 26.3 Å². The fraction of sp³-hybridized carbons (Fsp3) is 0.0667. The molecule has 0 fully saturated rings. The Labute approximate surface area is 128 Å². The van der Waals surface area contributed by atoms with E-state index < -0.39 is 23.3 Å². The van der Waals surface area contributed by atoms with E-state index in [9.17, 15) is 14.0 Å². The van der Waals surface area contributed by atoms with Crippen molar-refractivity contribution in [2.75, 3.05) is 5.32 Å². The molecule has 0 spiro atoms. The average Bonchev–Trinajstić information content (AvgIpc) is 2.41. The Hall–Kier alpha value is -2.21. The van der Waals surface area contributed by atoms with E-state index in [1.54, 1.807) is 18.2 Å². The molecule has 108 valence electrons. The largest absolute Gasteiger partial charge is 0.478 e. The summed E-state index contributed by atoms with van der Waals surface area (Å²) in [4.78, 5) is 22.8. The summed E-state index contributed by atoms with van der Waals surface area (Å²) in [5.41, 5.74) is 1.16. The van der Waals surface area contributed by atoms with Crippen molar-refractivity contribution in [1.29, 1.82) is 0 Å². The summed E-state index contributed by atoms with van der Waals surface area (Å²) in [6.45, 7) is 1.89. The Morgan fingerprint density at radius 3 is 2.48 bits per heavy atom. The van der Waals surface area contributed by atoms with Crippen LogP contribution in [-0.2, 0) is 0 Å². The SMILES string of the molecule is Cc1ccc(C(=O)Nc2ccc(C(=O)O)c(F)c2)cc1Br. The number of carbonyl (C=O) groups excluding carboxylic acids is 1. The fourth-order valence-corrected chi connectivity index (χ4v) is 2.08. The van der Waals surface area contributed by atoms with Gasteiger partial charge in [0.1, 0.15) is 5.82 Å². The van der Waals surface area contributed by atoms with Crippen LogP contribution in [0.5, 0.6) is 0 Å². The lowest BCUT2D eigenvalue weighted by Crippen LogP contribution is -2.12. The molecule has 0 aliphatic rings. The van der Waals surface area contributed by atoms with Gasteiger partial charge in [0, 0.05) is 15.7 Å². The van der Waals surface area contributed by atoms with Gasteiger partial charge in [0.2, 0.25) is 0 Å². The van der Waals surface area contributed by atoms with Gasteiger partial charge in [-0.15, -0.1) is 0 Å². The van der Waals surface area contributed by atoms with Crippen LogP contribution in [0.2, 0.25) is 0 Å². The van der Waals surface area contributed by atoms with Crippen molar-refractivity contribution in [2.24, 2.45) is 0 Å². The zero-order valence-electron chi connectivity index (χ0n) is 11.0. The lowest BCUT2D eigenvalue weighted by Gasteiger charge is -2.07. The van der Waals surface area contributed by atoms with Crippen molar-refractivity contribution in [3.05, 3.63) is 63.4 Å². The Morgan fingerprint density at radius 1 is 1.19 bits per heavy atom. The maximum Gasteiger partial charge on any atom is 0.338 e. The maximum absolute atomic E-state index is 13.5. The van der Waals surface area contributed by atoms with E-state index in [1.165, 1.54) is 6.07 Å². The highest BCUT2D eigenvalue weighted by molar-refractivity contribution is 9.10. The zero-order valence-corrected chi connectivity index (χ0v) is 12.6. The van der Waals surface area contributed by atoms with Gasteiger partial charge >= 0.3 is 5.97 Å². The summed E-state index contributed by atoms with van der Waals surface area (Å²) in [7, 11) is 0. The molecule has 4 nitrogen and oxygen atoms in total. The lowest BCUT2D eigenvalue weighted by molar-refractivity contribution is 0.0692. The van der Waals surface area contributed by atoms with Crippen molar-refractivity contribution < 1.29 is 19.1 Å². The molecule has 6 heteroatoms. The summed E-state index contributed by atoms with van der Waals surface area (Å²) >= 11 is 3.33. The maximum atomic E-state index is 13.5. The third kappa shape index (κ3) is 3.46. The fourth-order valence-electron chi connectivity index (χ4n) is 1.70. The summed E-state index contributed by atoms with van der Waals surface area (Å²) in [5, 5.41) is 11.3. The molecule has 0 heterocycles. The number of rotatable bonds is 3. The molecular weight excluding hydrogens is 341 g/mol. The number of benzene rings is 2. The Kier molecular flexibility index (Phi) is 4.37. The molecule has 2 rings (SSSR count). The van der Waals surface area contributed by atoms with Gasteiger partial charge in [0.15, 0.2) is 0 Å². The number of aryl methyl sites for hydroxylation is 1. The number of amides is 1. The highest BCUT2D eigenvalue weighted by Gasteiger charge is 2.12. The van der Waals surface area contributed by atoms with Gasteiger partial charge in [-0.1, -0.05) is 22.0 Å². The predicted octanol–water partition coefficient (Wildman–Crippen LogP) is 3.85. The molecule has 0 bridgehead atoms. The van der Waals surface area contributed by atoms with Crippen LogP contribution < -0.4 is 5.32 Å². The van der Waals surface area contributed by atoms with Crippen molar-refractivity contribution in [2.45, 2.75) is 6.92 Å². The van der Waals surface area contributed by atoms with Gasteiger partial charge in [0.05, 0.1) is 5.56 Å². The number of halogens is 2. The van der Waals surface area contributed by atoms with Crippen molar-refractivity contribution in [3.8, 4) is 0 Å². The molecule has 2 aromatic carbocycles. The number of carbonyl (C=O) groups is 2. The molecule has 1 amide bonds. The van der Waals surface area contributed by atoms with Crippen LogP contribution in [0.4, 0.5) is 10.1 Å². The summed E-state index contributed by atoms with van der Waals surface area (Å²) in [6.07, 6.45) is 0. The van der Waals surface area contributed by atoms with Crippen LogP contribution in [0.25, 0.3) is 0 Å². The first-order valence-corrected chi connectivity index (χ1v) is 6.78. The van der Waals surface area contributed by atoms with Gasteiger partial charge in [-0.3, -0.25) is 4.79 Å². The predicted molar refractivity (Wildman–Crippen MR) is 80.2 cm³/mol. The van der Waals surface area contributed by atoms with E-state index in [0.717, 1.165) is 22.2 Å². The molecular formula is C15H11BrFNO3. The second-order valence-electron chi connectivity index (χ2n) is 4.42. The van der Waals surface area contributed by atoms with Gasteiger partial charge in [0.25, 0.3) is 5.91 Å². The summed E-state index contributed by atoms with van der Waals surface area (Å²) in [5.74, 6) is -2.66. The number of hydrogen-bond donors (Lipinski definition) is 2. The molecule has 0 atom stereocenters. The van der Waals surface area contributed by atoms with Crippen molar-refractivity contribution >= 4 is 33.5 Å². The normalized spacial score (nSPS) is 10.2. The second-order valence-corrected chi connectivity index (χ2v) is 5.27. The van der Waals surface area contributed by atoms with Crippen molar-refractivity contribution in [1.82, 2.24) is 0 Å². The highest BCUT2D eigenvalue weighted by Crippen LogP contribution is 2.19. The van der Waals surface area contributed by atoms with Crippen LogP contribution in [0.15, 0.2) is 40.9 Å². The molecule has 0 unspecified atom stereocenters. The van der Waals surface area contributed by atoms with Crippen LogP contribution in [0.3, 0.4) is 0 Å². The first kappa shape index (κ1) is 15.2. The minimum Gasteiger partial charge on any atom is -0.478 e. The van der Waals surface area contributed by atoms with Crippen LogP contribution in [0, 0.1) is 12.7 Å². The van der Waals surface area contributed by atoms with Crippen LogP contribution >= 0.6 is 15.9 Å². The smallest absolute Gasteiger partial charge is 0.338 e. The van der Waals surface area contributed by atoms with E-state index in [2.05, 4.69) is 21.2 Å². The minimum atomic E-state index is -1.35. The Morgan fingerprint density at radius 2 is 1.90 bits per heavy atom.